The summed E-state index contributed by atoms with van der Waals surface area (Å²) in [5.41, 5.74) is 0.363. The molecule has 108 valence electrons. The molecule has 6 heteroatoms. The Labute approximate surface area is 120 Å². The first-order valence-electron chi connectivity index (χ1n) is 6.81. The van der Waals surface area contributed by atoms with Crippen LogP contribution in [0.1, 0.15) is 16.9 Å². The summed E-state index contributed by atoms with van der Waals surface area (Å²) in [7, 11) is 0. The highest BCUT2D eigenvalue weighted by atomic mass is 19.1. The van der Waals surface area contributed by atoms with E-state index in [1.54, 1.807) is 23.1 Å². The minimum atomic E-state index is -0.402. The van der Waals surface area contributed by atoms with Gasteiger partial charge < -0.3 is 14.2 Å². The van der Waals surface area contributed by atoms with E-state index in [-0.39, 0.29) is 22.9 Å². The van der Waals surface area contributed by atoms with E-state index in [4.69, 9.17) is 9.26 Å². The third kappa shape index (κ3) is 1.79. The van der Waals surface area contributed by atoms with Gasteiger partial charge in [-0.15, -0.1) is 0 Å². The number of carbonyl (C=O) groups excluding carboxylic acids is 1. The fraction of sp³-hybridized carbons (Fsp3) is 0.333. The number of carbonyl (C=O) groups is 1. The normalized spacial score (nSPS) is 19.2. The second kappa shape index (κ2) is 4.39. The first kappa shape index (κ1) is 12.5. The standard InChI is InChI=1S/C15H13FN2O3/c16-11-4-2-1-3-10(11)13-7-12(17-21-13)14(19)18-6-5-15(18)8-20-9-15/h1-4,7H,5-6,8-9H2. The highest BCUT2D eigenvalue weighted by molar-refractivity contribution is 5.94. The van der Waals surface area contributed by atoms with Crippen LogP contribution in [0.15, 0.2) is 34.9 Å². The van der Waals surface area contributed by atoms with Gasteiger partial charge in [-0.1, -0.05) is 17.3 Å². The molecule has 1 amide bonds. The highest BCUT2D eigenvalue weighted by Gasteiger charge is 2.53. The maximum atomic E-state index is 13.7. The highest BCUT2D eigenvalue weighted by Crippen LogP contribution is 2.38. The van der Waals surface area contributed by atoms with Crippen LogP contribution in [0.5, 0.6) is 0 Å². The number of benzene rings is 1. The number of hydrogen-bond acceptors (Lipinski definition) is 4. The molecule has 0 aliphatic carbocycles. The van der Waals surface area contributed by atoms with E-state index in [9.17, 15) is 9.18 Å². The number of nitrogens with zero attached hydrogens (tertiary/aromatic N) is 2. The number of aromatic nitrogens is 1. The van der Waals surface area contributed by atoms with Crippen molar-refractivity contribution in [1.82, 2.24) is 10.1 Å². The van der Waals surface area contributed by atoms with Crippen LogP contribution in [-0.2, 0) is 4.74 Å². The molecule has 3 heterocycles. The lowest BCUT2D eigenvalue weighted by Gasteiger charge is -2.57. The molecule has 21 heavy (non-hydrogen) atoms. The van der Waals surface area contributed by atoms with Crippen LogP contribution in [0.4, 0.5) is 4.39 Å². The Kier molecular flexibility index (Phi) is 2.62. The molecule has 1 aromatic heterocycles. The van der Waals surface area contributed by atoms with Crippen LogP contribution in [-0.4, -0.2) is 41.3 Å². The molecule has 0 saturated carbocycles. The zero-order valence-electron chi connectivity index (χ0n) is 11.2. The third-order valence-electron chi connectivity index (χ3n) is 4.23. The van der Waals surface area contributed by atoms with Gasteiger partial charge in [-0.05, 0) is 18.6 Å². The summed E-state index contributed by atoms with van der Waals surface area (Å²) in [6.45, 7) is 1.86. The SMILES string of the molecule is O=C(c1cc(-c2ccccc2F)on1)N1CCC12COC2. The first-order valence-corrected chi connectivity index (χ1v) is 6.81. The van der Waals surface area contributed by atoms with Crippen LogP contribution < -0.4 is 0 Å². The molecule has 2 saturated heterocycles. The molecular formula is C15H13FN2O3. The zero-order chi connectivity index (χ0) is 14.4. The molecule has 2 aliphatic heterocycles. The summed E-state index contributed by atoms with van der Waals surface area (Å²) < 4.78 is 24.0. The minimum absolute atomic E-state index is 0.145. The lowest BCUT2D eigenvalue weighted by Crippen LogP contribution is -2.72. The van der Waals surface area contributed by atoms with Crippen molar-refractivity contribution in [2.75, 3.05) is 19.8 Å². The second-order valence-electron chi connectivity index (χ2n) is 5.48. The van der Waals surface area contributed by atoms with Gasteiger partial charge >= 0.3 is 0 Å². The van der Waals surface area contributed by atoms with Crippen molar-refractivity contribution in [3.8, 4) is 11.3 Å². The van der Waals surface area contributed by atoms with E-state index in [1.165, 1.54) is 12.1 Å². The van der Waals surface area contributed by atoms with Crippen LogP contribution in [0, 0.1) is 5.82 Å². The van der Waals surface area contributed by atoms with Gasteiger partial charge in [0, 0.05) is 12.6 Å². The van der Waals surface area contributed by atoms with Crippen molar-refractivity contribution in [2.45, 2.75) is 12.0 Å². The Morgan fingerprint density at radius 1 is 1.33 bits per heavy atom. The van der Waals surface area contributed by atoms with Crippen molar-refractivity contribution >= 4 is 5.91 Å². The number of hydrogen-bond donors (Lipinski definition) is 0. The molecule has 0 atom stereocenters. The maximum absolute atomic E-state index is 13.7. The summed E-state index contributed by atoms with van der Waals surface area (Å²) in [4.78, 5) is 14.2. The van der Waals surface area contributed by atoms with Crippen LogP contribution in [0.25, 0.3) is 11.3 Å². The van der Waals surface area contributed by atoms with E-state index < -0.39 is 5.82 Å². The molecule has 1 aromatic carbocycles. The number of rotatable bonds is 2. The largest absolute Gasteiger partial charge is 0.376 e. The summed E-state index contributed by atoms with van der Waals surface area (Å²) in [6, 6.07) is 7.73. The van der Waals surface area contributed by atoms with E-state index in [1.807, 2.05) is 0 Å². The molecule has 2 aromatic rings. The van der Waals surface area contributed by atoms with E-state index in [2.05, 4.69) is 5.16 Å². The molecule has 0 bridgehead atoms. The Morgan fingerprint density at radius 3 is 2.76 bits per heavy atom. The molecule has 0 radical (unpaired) electrons. The minimum Gasteiger partial charge on any atom is -0.376 e. The van der Waals surface area contributed by atoms with Crippen molar-refractivity contribution in [1.29, 1.82) is 0 Å². The molecule has 0 N–H and O–H groups in total. The van der Waals surface area contributed by atoms with Crippen molar-refractivity contribution in [3.63, 3.8) is 0 Å². The van der Waals surface area contributed by atoms with Gasteiger partial charge in [0.2, 0.25) is 0 Å². The molecule has 1 spiro atoms. The van der Waals surface area contributed by atoms with Gasteiger partial charge in [-0.2, -0.15) is 0 Å². The molecule has 2 fully saturated rings. The average molecular weight is 288 g/mol. The van der Waals surface area contributed by atoms with Crippen LogP contribution in [0.3, 0.4) is 0 Å². The van der Waals surface area contributed by atoms with Gasteiger partial charge in [0.15, 0.2) is 11.5 Å². The summed E-state index contributed by atoms with van der Waals surface area (Å²) >= 11 is 0. The molecule has 4 rings (SSSR count). The lowest BCUT2D eigenvalue weighted by atomic mass is 9.82. The van der Waals surface area contributed by atoms with Gasteiger partial charge in [0.1, 0.15) is 5.82 Å². The smallest absolute Gasteiger partial charge is 0.276 e. The first-order chi connectivity index (χ1) is 10.2. The number of halogens is 1. The monoisotopic (exact) mass is 288 g/mol. The fourth-order valence-electron chi connectivity index (χ4n) is 2.80. The van der Waals surface area contributed by atoms with Gasteiger partial charge in [-0.3, -0.25) is 4.79 Å². The second-order valence-corrected chi connectivity index (χ2v) is 5.48. The quantitative estimate of drug-likeness (QED) is 0.849. The van der Waals surface area contributed by atoms with Gasteiger partial charge in [-0.25, -0.2) is 4.39 Å². The van der Waals surface area contributed by atoms with Crippen LogP contribution >= 0.6 is 0 Å². The van der Waals surface area contributed by atoms with Crippen molar-refractivity contribution in [2.24, 2.45) is 0 Å². The predicted octanol–water partition coefficient (Wildman–Crippen LogP) is 2.10. The number of ether oxygens (including phenoxy) is 1. The van der Waals surface area contributed by atoms with Crippen LogP contribution in [0.2, 0.25) is 0 Å². The zero-order valence-corrected chi connectivity index (χ0v) is 11.2. The number of likely N-dealkylation sites (tertiary alicyclic amines) is 1. The van der Waals surface area contributed by atoms with E-state index >= 15 is 0 Å². The summed E-state index contributed by atoms with van der Waals surface area (Å²) in [5.74, 6) is -0.327. The maximum Gasteiger partial charge on any atom is 0.276 e. The summed E-state index contributed by atoms with van der Waals surface area (Å²) in [6.07, 6.45) is 0.955. The van der Waals surface area contributed by atoms with Gasteiger partial charge in [0.25, 0.3) is 5.91 Å². The topological polar surface area (TPSA) is 55.6 Å². The molecule has 5 nitrogen and oxygen atoms in total. The van der Waals surface area contributed by atoms with E-state index in [0.717, 1.165) is 6.42 Å². The van der Waals surface area contributed by atoms with Crippen molar-refractivity contribution in [3.05, 3.63) is 41.8 Å². The Morgan fingerprint density at radius 2 is 2.14 bits per heavy atom. The lowest BCUT2D eigenvalue weighted by molar-refractivity contribution is -0.172. The third-order valence-corrected chi connectivity index (χ3v) is 4.23. The van der Waals surface area contributed by atoms with Gasteiger partial charge in [0.05, 0.1) is 24.3 Å². The molecular weight excluding hydrogens is 275 g/mol. The number of amides is 1. The Hall–Kier alpha value is -2.21. The Balaban J connectivity index is 1.60. The van der Waals surface area contributed by atoms with E-state index in [0.29, 0.717) is 25.3 Å². The Bertz CT molecular complexity index is 703. The fourth-order valence-corrected chi connectivity index (χ4v) is 2.80. The van der Waals surface area contributed by atoms with Crippen molar-refractivity contribution < 1.29 is 18.4 Å². The average Bonchev–Trinajstić information content (AvgIpc) is 2.85. The molecule has 2 aliphatic rings. The summed E-state index contributed by atoms with van der Waals surface area (Å²) in [5, 5.41) is 3.79. The predicted molar refractivity (Wildman–Crippen MR) is 71.1 cm³/mol. The molecule has 0 unspecified atom stereocenters.